The van der Waals surface area contributed by atoms with Crippen LogP contribution in [-0.4, -0.2) is 54.0 Å². The lowest BCUT2D eigenvalue weighted by Gasteiger charge is -2.30. The molecule has 9 heteroatoms. The minimum absolute atomic E-state index is 0.277. The number of anilines is 1. The van der Waals surface area contributed by atoms with Crippen molar-refractivity contribution >= 4 is 45.1 Å². The van der Waals surface area contributed by atoms with Crippen LogP contribution in [0.2, 0.25) is 0 Å². The van der Waals surface area contributed by atoms with Crippen molar-refractivity contribution in [3.63, 3.8) is 0 Å². The van der Waals surface area contributed by atoms with Crippen LogP contribution in [0.25, 0.3) is 10.9 Å². The highest BCUT2D eigenvalue weighted by atomic mass is 32.1. The third-order valence-corrected chi connectivity index (χ3v) is 10.1. The van der Waals surface area contributed by atoms with Crippen molar-refractivity contribution in [2.75, 3.05) is 25.5 Å². The van der Waals surface area contributed by atoms with Crippen molar-refractivity contribution in [3.05, 3.63) is 93.0 Å². The number of pyridine rings is 1. The van der Waals surface area contributed by atoms with Gasteiger partial charge in [0.05, 0.1) is 23.8 Å². The number of esters is 2. The number of amides is 1. The van der Waals surface area contributed by atoms with Crippen LogP contribution in [0.15, 0.2) is 54.6 Å². The lowest BCUT2D eigenvalue weighted by molar-refractivity contribution is -0.124. The number of ether oxygens (including phenoxy) is 2. The summed E-state index contributed by atoms with van der Waals surface area (Å²) in [5.41, 5.74) is 5.62. The second kappa shape index (κ2) is 13.5. The molecular weight excluding hydrogens is 586 g/mol. The van der Waals surface area contributed by atoms with Gasteiger partial charge in [-0.2, -0.15) is 0 Å². The molecule has 6 rings (SSSR count). The van der Waals surface area contributed by atoms with E-state index >= 15 is 0 Å². The number of nitrogens with zero attached hydrogens (tertiary/aromatic N) is 2. The number of fused-ring (bicyclic) bond motifs is 3. The van der Waals surface area contributed by atoms with Gasteiger partial charge in [0.15, 0.2) is 6.10 Å². The van der Waals surface area contributed by atoms with Gasteiger partial charge in [0, 0.05) is 41.0 Å². The fraction of sp³-hybridized carbons (Fsp3) is 0.389. The van der Waals surface area contributed by atoms with Crippen LogP contribution in [-0.2, 0) is 40.1 Å². The lowest BCUT2D eigenvalue weighted by Crippen LogP contribution is -2.35. The molecule has 1 aliphatic carbocycles. The van der Waals surface area contributed by atoms with E-state index in [0.29, 0.717) is 35.0 Å². The summed E-state index contributed by atoms with van der Waals surface area (Å²) in [4.78, 5) is 48.9. The summed E-state index contributed by atoms with van der Waals surface area (Å²) in [7, 11) is 1.35. The first-order chi connectivity index (χ1) is 21.9. The highest BCUT2D eigenvalue weighted by Crippen LogP contribution is 2.43. The Balaban J connectivity index is 1.26. The van der Waals surface area contributed by atoms with Crippen LogP contribution >= 0.6 is 11.3 Å². The molecule has 0 radical (unpaired) electrons. The van der Waals surface area contributed by atoms with E-state index in [-0.39, 0.29) is 6.42 Å². The summed E-state index contributed by atoms with van der Waals surface area (Å²) in [6, 6.07) is 18.0. The number of para-hydroxylation sites is 1. The molecule has 0 saturated heterocycles. The standard InChI is InChI=1S/C36H39N3O5S/c1-4-18-39-19-17-28-26(21-39)31(24-13-9-10-14-27(24)37-28)36(42)44-29(5-2)33(40)38-34-32(35(41)43-3)25-16-15-23(20-30(25)45-34)22-11-7-6-8-12-22/h6-14,23,29H,4-5,15-21H2,1-3H3,(H,38,40). The number of carbonyl (C=O) groups excluding carboxylic acids is 3. The average Bonchev–Trinajstić information content (AvgIpc) is 3.43. The number of methoxy groups -OCH3 is 1. The van der Waals surface area contributed by atoms with Crippen LogP contribution in [0.1, 0.15) is 87.0 Å². The first-order valence-electron chi connectivity index (χ1n) is 15.8. The number of hydrogen-bond donors (Lipinski definition) is 1. The van der Waals surface area contributed by atoms with Crippen molar-refractivity contribution in [2.45, 2.75) is 70.9 Å². The SMILES string of the molecule is CCCN1CCc2nc3ccccc3c(C(=O)OC(CC)C(=O)Nc3sc4c(c3C(=O)OC)CCC(c3ccccc3)C4)c2C1. The van der Waals surface area contributed by atoms with Gasteiger partial charge in [0.25, 0.3) is 5.91 Å². The number of nitrogens with one attached hydrogen (secondary N) is 1. The third kappa shape index (κ3) is 6.24. The number of benzene rings is 2. The number of rotatable bonds is 9. The Hall–Kier alpha value is -4.08. The van der Waals surface area contributed by atoms with E-state index in [1.165, 1.54) is 24.0 Å². The molecule has 0 fully saturated rings. The third-order valence-electron chi connectivity index (χ3n) is 8.94. The second-order valence-corrected chi connectivity index (χ2v) is 12.9. The van der Waals surface area contributed by atoms with Gasteiger partial charge in [-0.1, -0.05) is 62.4 Å². The van der Waals surface area contributed by atoms with Crippen LogP contribution in [0.4, 0.5) is 5.00 Å². The molecule has 3 heterocycles. The second-order valence-electron chi connectivity index (χ2n) is 11.8. The van der Waals surface area contributed by atoms with Crippen molar-refractivity contribution in [1.29, 1.82) is 0 Å². The number of hydrogen-bond acceptors (Lipinski definition) is 8. The van der Waals surface area contributed by atoms with E-state index in [1.807, 2.05) is 49.4 Å². The number of aromatic nitrogens is 1. The van der Waals surface area contributed by atoms with Crippen molar-refractivity contribution in [2.24, 2.45) is 0 Å². The quantitative estimate of drug-likeness (QED) is 0.207. The van der Waals surface area contributed by atoms with Gasteiger partial charge in [-0.3, -0.25) is 14.7 Å². The Morgan fingerprint density at radius 1 is 1.00 bits per heavy atom. The van der Waals surface area contributed by atoms with Crippen LogP contribution < -0.4 is 5.32 Å². The molecule has 8 nitrogen and oxygen atoms in total. The fourth-order valence-electron chi connectivity index (χ4n) is 6.69. The van der Waals surface area contributed by atoms with Gasteiger partial charge in [-0.25, -0.2) is 9.59 Å². The van der Waals surface area contributed by atoms with E-state index in [4.69, 9.17) is 14.5 Å². The Morgan fingerprint density at radius 3 is 2.53 bits per heavy atom. The summed E-state index contributed by atoms with van der Waals surface area (Å²) >= 11 is 1.41. The zero-order chi connectivity index (χ0) is 31.5. The minimum Gasteiger partial charge on any atom is -0.465 e. The van der Waals surface area contributed by atoms with Gasteiger partial charge >= 0.3 is 11.9 Å². The minimum atomic E-state index is -1.04. The molecule has 234 valence electrons. The van der Waals surface area contributed by atoms with Gasteiger partial charge < -0.3 is 14.8 Å². The molecule has 0 saturated carbocycles. The van der Waals surface area contributed by atoms with Gasteiger partial charge in [0.2, 0.25) is 0 Å². The molecule has 2 unspecified atom stereocenters. The molecule has 0 spiro atoms. The predicted octanol–water partition coefficient (Wildman–Crippen LogP) is 6.70. The topological polar surface area (TPSA) is 97.8 Å². The maximum absolute atomic E-state index is 14.0. The number of carbonyl (C=O) groups is 3. The van der Waals surface area contributed by atoms with E-state index in [9.17, 15) is 14.4 Å². The largest absolute Gasteiger partial charge is 0.465 e. The van der Waals surface area contributed by atoms with Crippen molar-refractivity contribution in [3.8, 4) is 0 Å². The van der Waals surface area contributed by atoms with E-state index in [1.54, 1.807) is 0 Å². The molecule has 2 atom stereocenters. The fourth-order valence-corrected chi connectivity index (χ4v) is 8.01. The highest BCUT2D eigenvalue weighted by Gasteiger charge is 2.33. The van der Waals surface area contributed by atoms with Crippen molar-refractivity contribution in [1.82, 2.24) is 9.88 Å². The smallest absolute Gasteiger partial charge is 0.341 e. The Kier molecular flexibility index (Phi) is 9.28. The van der Waals surface area contributed by atoms with Gasteiger partial charge in [-0.05, 0) is 61.8 Å². The highest BCUT2D eigenvalue weighted by molar-refractivity contribution is 7.17. The molecule has 2 aromatic heterocycles. The van der Waals surface area contributed by atoms with Gasteiger partial charge in [-0.15, -0.1) is 11.3 Å². The van der Waals surface area contributed by atoms with E-state index in [2.05, 4.69) is 29.3 Å². The van der Waals surface area contributed by atoms with Crippen LogP contribution in [0.3, 0.4) is 0 Å². The molecule has 45 heavy (non-hydrogen) atoms. The Labute approximate surface area is 267 Å². The molecule has 1 aliphatic heterocycles. The molecule has 0 bridgehead atoms. The summed E-state index contributed by atoms with van der Waals surface area (Å²) in [5.74, 6) is -1.13. The molecule has 1 N–H and O–H groups in total. The number of thiophene rings is 1. The van der Waals surface area contributed by atoms with Crippen LogP contribution in [0, 0.1) is 0 Å². The molecule has 4 aromatic rings. The summed E-state index contributed by atoms with van der Waals surface area (Å²) < 4.78 is 11.1. The molecule has 2 aromatic carbocycles. The maximum atomic E-state index is 14.0. The summed E-state index contributed by atoms with van der Waals surface area (Å²) in [6.45, 7) is 6.39. The van der Waals surface area contributed by atoms with E-state index in [0.717, 1.165) is 71.4 Å². The summed E-state index contributed by atoms with van der Waals surface area (Å²) in [5, 5.41) is 4.12. The first kappa shape index (κ1) is 30.9. The van der Waals surface area contributed by atoms with E-state index < -0.39 is 23.9 Å². The predicted molar refractivity (Wildman–Crippen MR) is 176 cm³/mol. The molecule has 1 amide bonds. The maximum Gasteiger partial charge on any atom is 0.341 e. The monoisotopic (exact) mass is 625 g/mol. The van der Waals surface area contributed by atoms with Gasteiger partial charge in [0.1, 0.15) is 5.00 Å². The Morgan fingerprint density at radius 2 is 1.78 bits per heavy atom. The summed E-state index contributed by atoms with van der Waals surface area (Å²) in [6.07, 6.45) is 3.40. The average molecular weight is 626 g/mol. The zero-order valence-electron chi connectivity index (χ0n) is 26.1. The zero-order valence-corrected chi connectivity index (χ0v) is 26.9. The lowest BCUT2D eigenvalue weighted by atomic mass is 9.83. The normalized spacial score (nSPS) is 16.8. The first-order valence-corrected chi connectivity index (χ1v) is 16.7. The van der Waals surface area contributed by atoms with Crippen molar-refractivity contribution < 1.29 is 23.9 Å². The Bertz CT molecular complexity index is 1730. The molecular formula is C36H39N3O5S. The van der Waals surface area contributed by atoms with Crippen LogP contribution in [0.5, 0.6) is 0 Å². The molecule has 2 aliphatic rings.